The highest BCUT2D eigenvalue weighted by Crippen LogP contribution is 2.29. The van der Waals surface area contributed by atoms with E-state index in [0.717, 1.165) is 16.0 Å². The first-order chi connectivity index (χ1) is 14.4. The van der Waals surface area contributed by atoms with Gasteiger partial charge in [-0.15, -0.1) is 0 Å². The van der Waals surface area contributed by atoms with Gasteiger partial charge in [-0.25, -0.2) is 4.39 Å². The fourth-order valence-corrected chi connectivity index (χ4v) is 3.88. The standard InChI is InChI=1S/C23H30FN3O3/c1-17-13-21(29-3)22(30-4)14-18(17)15-25(2)16-23(28)27-11-9-26(10-12-27)20-8-6-5-7-19(20)24/h5-8,13-14H,9-12,15-16H2,1-4H3/p+1. The smallest absolute Gasteiger partial charge is 0.277 e. The lowest BCUT2D eigenvalue weighted by molar-refractivity contribution is -0.885. The largest absolute Gasteiger partial charge is 0.493 e. The van der Waals surface area contributed by atoms with E-state index in [2.05, 4.69) is 0 Å². The Morgan fingerprint density at radius 2 is 1.70 bits per heavy atom. The fraction of sp³-hybridized carbons (Fsp3) is 0.435. The van der Waals surface area contributed by atoms with Crippen LogP contribution < -0.4 is 19.3 Å². The molecule has 1 aliphatic rings. The molecule has 1 saturated heterocycles. The highest BCUT2D eigenvalue weighted by Gasteiger charge is 2.25. The maximum atomic E-state index is 14.0. The molecule has 162 valence electrons. The van der Waals surface area contributed by atoms with Gasteiger partial charge in [0.2, 0.25) is 0 Å². The molecule has 0 spiro atoms. The number of hydrogen-bond acceptors (Lipinski definition) is 4. The SMILES string of the molecule is COc1cc(C)c(C[NH+](C)CC(=O)N2CCN(c3ccccc3F)CC2)cc1OC. The molecule has 1 heterocycles. The number of likely N-dealkylation sites (N-methyl/N-ethyl adjacent to an activating group) is 1. The van der Waals surface area contributed by atoms with Crippen molar-refractivity contribution in [3.05, 3.63) is 53.3 Å². The van der Waals surface area contributed by atoms with Crippen LogP contribution in [0.4, 0.5) is 10.1 Å². The van der Waals surface area contributed by atoms with Gasteiger partial charge in [0.1, 0.15) is 12.4 Å². The number of methoxy groups -OCH3 is 2. The van der Waals surface area contributed by atoms with Crippen LogP contribution >= 0.6 is 0 Å². The number of quaternary nitrogens is 1. The Bertz CT molecular complexity index is 882. The maximum Gasteiger partial charge on any atom is 0.277 e. The second-order valence-corrected chi connectivity index (χ2v) is 7.76. The lowest BCUT2D eigenvalue weighted by Crippen LogP contribution is -3.09. The number of nitrogens with zero attached hydrogens (tertiary/aromatic N) is 2. The minimum absolute atomic E-state index is 0.124. The Hall–Kier alpha value is -2.80. The summed E-state index contributed by atoms with van der Waals surface area (Å²) in [6, 6.07) is 10.7. The number of piperazine rings is 1. The summed E-state index contributed by atoms with van der Waals surface area (Å²) in [6.45, 7) is 5.65. The van der Waals surface area contributed by atoms with Crippen molar-refractivity contribution in [3.63, 3.8) is 0 Å². The van der Waals surface area contributed by atoms with Gasteiger partial charge in [0.15, 0.2) is 18.0 Å². The Morgan fingerprint density at radius 1 is 1.07 bits per heavy atom. The highest BCUT2D eigenvalue weighted by molar-refractivity contribution is 5.77. The molecule has 1 unspecified atom stereocenters. The lowest BCUT2D eigenvalue weighted by Gasteiger charge is -2.36. The lowest BCUT2D eigenvalue weighted by atomic mass is 10.1. The predicted octanol–water partition coefficient (Wildman–Crippen LogP) is 1.51. The van der Waals surface area contributed by atoms with E-state index in [1.54, 1.807) is 26.4 Å². The summed E-state index contributed by atoms with van der Waals surface area (Å²) < 4.78 is 24.8. The van der Waals surface area contributed by atoms with Crippen LogP contribution in [0.2, 0.25) is 0 Å². The van der Waals surface area contributed by atoms with E-state index < -0.39 is 0 Å². The van der Waals surface area contributed by atoms with Crippen molar-refractivity contribution in [3.8, 4) is 11.5 Å². The van der Waals surface area contributed by atoms with Crippen LogP contribution in [0.15, 0.2) is 36.4 Å². The summed E-state index contributed by atoms with van der Waals surface area (Å²) in [7, 11) is 5.26. The summed E-state index contributed by atoms with van der Waals surface area (Å²) in [5.74, 6) is 1.31. The molecule has 2 aromatic carbocycles. The minimum Gasteiger partial charge on any atom is -0.493 e. The van der Waals surface area contributed by atoms with E-state index in [4.69, 9.17) is 9.47 Å². The van der Waals surface area contributed by atoms with Gasteiger partial charge in [-0.05, 0) is 36.8 Å². The molecule has 1 amide bonds. The maximum absolute atomic E-state index is 14.0. The first-order valence-electron chi connectivity index (χ1n) is 10.2. The quantitative estimate of drug-likeness (QED) is 0.744. The number of rotatable bonds is 7. The Balaban J connectivity index is 1.55. The van der Waals surface area contributed by atoms with Crippen LogP contribution in [0.3, 0.4) is 0 Å². The van der Waals surface area contributed by atoms with Crippen molar-refractivity contribution in [1.82, 2.24) is 4.90 Å². The molecule has 6 nitrogen and oxygen atoms in total. The van der Waals surface area contributed by atoms with E-state index in [9.17, 15) is 9.18 Å². The molecule has 2 aromatic rings. The molecule has 1 atom stereocenters. The van der Waals surface area contributed by atoms with Crippen molar-refractivity contribution in [2.75, 3.05) is 58.9 Å². The van der Waals surface area contributed by atoms with Crippen LogP contribution in [0.25, 0.3) is 0 Å². The van der Waals surface area contributed by atoms with Crippen LogP contribution in [0.1, 0.15) is 11.1 Å². The number of aryl methyl sites for hydroxylation is 1. The summed E-state index contributed by atoms with van der Waals surface area (Å²) in [5, 5.41) is 0. The van der Waals surface area contributed by atoms with E-state index in [-0.39, 0.29) is 11.7 Å². The number of carbonyl (C=O) groups excluding carboxylic acids is 1. The van der Waals surface area contributed by atoms with Crippen LogP contribution in [0, 0.1) is 12.7 Å². The molecule has 0 aromatic heterocycles. The Morgan fingerprint density at radius 3 is 2.33 bits per heavy atom. The number of benzene rings is 2. The van der Waals surface area contributed by atoms with Crippen molar-refractivity contribution in [1.29, 1.82) is 0 Å². The molecule has 0 radical (unpaired) electrons. The van der Waals surface area contributed by atoms with Crippen LogP contribution in [-0.2, 0) is 11.3 Å². The topological polar surface area (TPSA) is 46.5 Å². The average molecular weight is 417 g/mol. The van der Waals surface area contributed by atoms with E-state index in [1.165, 1.54) is 6.07 Å². The van der Waals surface area contributed by atoms with Gasteiger partial charge in [-0.3, -0.25) is 4.79 Å². The van der Waals surface area contributed by atoms with Gasteiger partial charge in [-0.1, -0.05) is 12.1 Å². The second-order valence-electron chi connectivity index (χ2n) is 7.76. The number of amides is 1. The number of carbonyl (C=O) groups is 1. The van der Waals surface area contributed by atoms with Crippen molar-refractivity contribution >= 4 is 11.6 Å². The zero-order valence-corrected chi connectivity index (χ0v) is 18.2. The van der Waals surface area contributed by atoms with Gasteiger partial charge >= 0.3 is 0 Å². The number of nitrogens with one attached hydrogen (secondary N) is 1. The van der Waals surface area contributed by atoms with Crippen molar-refractivity contribution in [2.24, 2.45) is 0 Å². The molecule has 3 rings (SSSR count). The van der Waals surface area contributed by atoms with E-state index >= 15 is 0 Å². The summed E-state index contributed by atoms with van der Waals surface area (Å²) in [6.07, 6.45) is 0. The summed E-state index contributed by atoms with van der Waals surface area (Å²) >= 11 is 0. The molecule has 0 saturated carbocycles. The molecular weight excluding hydrogens is 385 g/mol. The number of para-hydroxylation sites is 1. The third-order valence-electron chi connectivity index (χ3n) is 5.61. The number of hydrogen-bond donors (Lipinski definition) is 1. The summed E-state index contributed by atoms with van der Waals surface area (Å²) in [4.78, 5) is 17.8. The van der Waals surface area contributed by atoms with Gasteiger partial charge in [0.25, 0.3) is 5.91 Å². The molecule has 0 aliphatic carbocycles. The molecule has 1 fully saturated rings. The van der Waals surface area contributed by atoms with Crippen molar-refractivity contribution < 1.29 is 23.6 Å². The third-order valence-corrected chi connectivity index (χ3v) is 5.61. The molecule has 1 N–H and O–H groups in total. The first kappa shape index (κ1) is 21.9. The first-order valence-corrected chi connectivity index (χ1v) is 10.2. The van der Waals surface area contributed by atoms with Gasteiger partial charge in [0.05, 0.1) is 27.0 Å². The van der Waals surface area contributed by atoms with E-state index in [0.29, 0.717) is 56.5 Å². The Labute approximate surface area is 177 Å². The molecule has 0 bridgehead atoms. The van der Waals surface area contributed by atoms with Gasteiger partial charge in [0, 0.05) is 31.7 Å². The zero-order chi connectivity index (χ0) is 21.7. The van der Waals surface area contributed by atoms with E-state index in [1.807, 2.05) is 42.0 Å². The monoisotopic (exact) mass is 416 g/mol. The molecule has 7 heteroatoms. The average Bonchev–Trinajstić information content (AvgIpc) is 2.75. The van der Waals surface area contributed by atoms with Gasteiger partial charge < -0.3 is 24.2 Å². The highest BCUT2D eigenvalue weighted by atomic mass is 19.1. The normalized spacial score (nSPS) is 15.1. The fourth-order valence-electron chi connectivity index (χ4n) is 3.88. The third kappa shape index (κ3) is 5.02. The second kappa shape index (κ2) is 9.80. The van der Waals surface area contributed by atoms with Crippen molar-refractivity contribution in [2.45, 2.75) is 13.5 Å². The number of anilines is 1. The van der Waals surface area contributed by atoms with Gasteiger partial charge in [-0.2, -0.15) is 0 Å². The summed E-state index contributed by atoms with van der Waals surface area (Å²) in [5.41, 5.74) is 2.84. The number of halogens is 1. The van der Waals surface area contributed by atoms with Crippen LogP contribution in [-0.4, -0.2) is 64.8 Å². The molecule has 1 aliphatic heterocycles. The number of ether oxygens (including phenoxy) is 2. The Kier molecular flexibility index (Phi) is 7.15. The zero-order valence-electron chi connectivity index (χ0n) is 18.2. The minimum atomic E-state index is -0.216. The van der Waals surface area contributed by atoms with Crippen LogP contribution in [0.5, 0.6) is 11.5 Å². The molecular formula is C23H31FN3O3+. The molecule has 30 heavy (non-hydrogen) atoms. The predicted molar refractivity (Wildman–Crippen MR) is 115 cm³/mol.